The average molecular weight is 265 g/mol. The van der Waals surface area contributed by atoms with Crippen LogP contribution in [0.5, 0.6) is 0 Å². The largest absolute Gasteiger partial charge is 0.308 e. The zero-order valence-electron chi connectivity index (χ0n) is 12.2. The lowest BCUT2D eigenvalue weighted by Gasteiger charge is -2.15. The van der Waals surface area contributed by atoms with Crippen LogP contribution in [0.25, 0.3) is 0 Å². The predicted octanol–water partition coefficient (Wildman–Crippen LogP) is 3.56. The Kier molecular flexibility index (Phi) is 4.89. The first-order valence-corrected chi connectivity index (χ1v) is 7.18. The highest BCUT2D eigenvalue weighted by Gasteiger charge is 2.22. The normalized spacial score (nSPS) is 15.2. The Hall–Kier alpha value is -0.920. The van der Waals surface area contributed by atoms with Crippen molar-refractivity contribution in [3.63, 3.8) is 0 Å². The fourth-order valence-corrected chi connectivity index (χ4v) is 2.77. The summed E-state index contributed by atoms with van der Waals surface area (Å²) in [4.78, 5) is 5.95. The number of hydrogen-bond acceptors (Lipinski definition) is 4. The summed E-state index contributed by atoms with van der Waals surface area (Å²) in [5, 5.41) is 13.4. The molecule has 1 aromatic heterocycles. The van der Waals surface area contributed by atoms with Crippen molar-refractivity contribution in [3.8, 4) is 6.07 Å². The lowest BCUT2D eigenvalue weighted by molar-refractivity contribution is 0.531. The summed E-state index contributed by atoms with van der Waals surface area (Å²) in [6, 6.07) is 2.50. The SMILES string of the molecule is Cc1nc(C(C)(C)C)sc1C(C)NCC(C)C#N. The van der Waals surface area contributed by atoms with Gasteiger partial charge in [-0.15, -0.1) is 11.3 Å². The smallest absolute Gasteiger partial charge is 0.0985 e. The van der Waals surface area contributed by atoms with E-state index in [0.717, 1.165) is 12.2 Å². The number of aryl methyl sites for hydroxylation is 1. The third-order valence-corrected chi connectivity index (χ3v) is 4.58. The van der Waals surface area contributed by atoms with Crippen LogP contribution in [0.2, 0.25) is 0 Å². The molecule has 2 unspecified atom stereocenters. The van der Waals surface area contributed by atoms with Crippen molar-refractivity contribution >= 4 is 11.3 Å². The molecule has 100 valence electrons. The van der Waals surface area contributed by atoms with E-state index in [1.54, 1.807) is 11.3 Å². The highest BCUT2D eigenvalue weighted by atomic mass is 32.1. The van der Waals surface area contributed by atoms with E-state index in [0.29, 0.717) is 0 Å². The number of aromatic nitrogens is 1. The van der Waals surface area contributed by atoms with Crippen molar-refractivity contribution in [3.05, 3.63) is 15.6 Å². The lowest BCUT2D eigenvalue weighted by Crippen LogP contribution is -2.23. The molecule has 4 heteroatoms. The first kappa shape index (κ1) is 15.1. The van der Waals surface area contributed by atoms with Gasteiger partial charge in [-0.3, -0.25) is 0 Å². The summed E-state index contributed by atoms with van der Waals surface area (Å²) in [5.41, 5.74) is 1.21. The molecule has 1 rings (SSSR count). The molecule has 0 aliphatic rings. The Labute approximate surface area is 114 Å². The minimum absolute atomic E-state index is 0.0442. The highest BCUT2D eigenvalue weighted by molar-refractivity contribution is 7.12. The molecule has 0 aliphatic heterocycles. The van der Waals surface area contributed by atoms with Crippen LogP contribution in [0.3, 0.4) is 0 Å². The monoisotopic (exact) mass is 265 g/mol. The Morgan fingerprint density at radius 3 is 2.44 bits per heavy atom. The average Bonchev–Trinajstić information content (AvgIpc) is 2.67. The van der Waals surface area contributed by atoms with Crippen molar-refractivity contribution in [2.75, 3.05) is 6.54 Å². The summed E-state index contributed by atoms with van der Waals surface area (Å²) >= 11 is 1.78. The molecule has 18 heavy (non-hydrogen) atoms. The van der Waals surface area contributed by atoms with Crippen molar-refractivity contribution < 1.29 is 0 Å². The molecule has 0 aromatic carbocycles. The van der Waals surface area contributed by atoms with Crippen LogP contribution in [0.1, 0.15) is 56.2 Å². The molecule has 0 spiro atoms. The minimum atomic E-state index is 0.0442. The quantitative estimate of drug-likeness (QED) is 0.905. The Bertz CT molecular complexity index is 437. The van der Waals surface area contributed by atoms with E-state index < -0.39 is 0 Å². The molecular weight excluding hydrogens is 242 g/mol. The zero-order valence-corrected chi connectivity index (χ0v) is 13.0. The molecule has 2 atom stereocenters. The molecule has 0 saturated heterocycles. The maximum absolute atomic E-state index is 8.78. The zero-order chi connectivity index (χ0) is 13.9. The number of thiazole rings is 1. The Balaban J connectivity index is 2.78. The highest BCUT2D eigenvalue weighted by Crippen LogP contribution is 2.32. The van der Waals surface area contributed by atoms with Gasteiger partial charge in [-0.25, -0.2) is 4.98 Å². The summed E-state index contributed by atoms with van der Waals surface area (Å²) < 4.78 is 0. The molecule has 0 saturated carbocycles. The first-order chi connectivity index (χ1) is 8.25. The van der Waals surface area contributed by atoms with Crippen LogP contribution in [0.4, 0.5) is 0 Å². The molecule has 3 nitrogen and oxygen atoms in total. The molecule has 1 heterocycles. The van der Waals surface area contributed by atoms with E-state index in [-0.39, 0.29) is 17.4 Å². The molecule has 1 aromatic rings. The van der Waals surface area contributed by atoms with Gasteiger partial charge < -0.3 is 5.32 Å². The molecule has 0 bridgehead atoms. The van der Waals surface area contributed by atoms with Crippen molar-refractivity contribution in [1.82, 2.24) is 10.3 Å². The van der Waals surface area contributed by atoms with Crippen molar-refractivity contribution in [2.45, 2.75) is 53.0 Å². The standard InChI is InChI=1S/C14H23N3S/c1-9(7-15)8-16-10(2)12-11(3)17-13(18-12)14(4,5)6/h9-10,16H,8H2,1-6H3. The second-order valence-corrected chi connectivity index (χ2v) is 6.91. The fourth-order valence-electron chi connectivity index (χ4n) is 1.62. The number of rotatable bonds is 4. The van der Waals surface area contributed by atoms with Crippen LogP contribution in [-0.2, 0) is 5.41 Å². The summed E-state index contributed by atoms with van der Waals surface area (Å²) in [5.74, 6) is 0.0442. The van der Waals surface area contributed by atoms with E-state index in [2.05, 4.69) is 51.0 Å². The van der Waals surface area contributed by atoms with Gasteiger partial charge in [-0.2, -0.15) is 5.26 Å². The topological polar surface area (TPSA) is 48.7 Å². The number of hydrogen-bond donors (Lipinski definition) is 1. The van der Waals surface area contributed by atoms with Gasteiger partial charge in [-0.1, -0.05) is 20.8 Å². The van der Waals surface area contributed by atoms with Gasteiger partial charge >= 0.3 is 0 Å². The third kappa shape index (κ3) is 3.79. The molecule has 0 amide bonds. The van der Waals surface area contributed by atoms with E-state index in [9.17, 15) is 0 Å². The Morgan fingerprint density at radius 2 is 2.00 bits per heavy atom. The molecule has 0 radical (unpaired) electrons. The van der Waals surface area contributed by atoms with Gasteiger partial charge in [0.2, 0.25) is 0 Å². The fraction of sp³-hybridized carbons (Fsp3) is 0.714. The van der Waals surface area contributed by atoms with Crippen LogP contribution < -0.4 is 5.32 Å². The molecule has 0 aliphatic carbocycles. The Morgan fingerprint density at radius 1 is 1.39 bits per heavy atom. The van der Waals surface area contributed by atoms with Gasteiger partial charge in [-0.05, 0) is 20.8 Å². The molecule has 1 N–H and O–H groups in total. The molecule has 0 fully saturated rings. The third-order valence-electron chi connectivity index (χ3n) is 2.82. The maximum Gasteiger partial charge on any atom is 0.0985 e. The summed E-state index contributed by atoms with van der Waals surface area (Å²) in [6.45, 7) is 13.4. The van der Waals surface area contributed by atoms with E-state index in [4.69, 9.17) is 5.26 Å². The second-order valence-electron chi connectivity index (χ2n) is 5.88. The molecular formula is C14H23N3S. The number of nitriles is 1. The number of nitrogens with zero attached hydrogens (tertiary/aromatic N) is 2. The minimum Gasteiger partial charge on any atom is -0.308 e. The predicted molar refractivity (Wildman–Crippen MR) is 76.7 cm³/mol. The van der Waals surface area contributed by atoms with Gasteiger partial charge in [0, 0.05) is 22.9 Å². The van der Waals surface area contributed by atoms with Gasteiger partial charge in [0.25, 0.3) is 0 Å². The van der Waals surface area contributed by atoms with Gasteiger partial charge in [0.15, 0.2) is 0 Å². The maximum atomic E-state index is 8.78. The van der Waals surface area contributed by atoms with E-state index in [1.165, 1.54) is 9.88 Å². The second kappa shape index (κ2) is 5.81. The van der Waals surface area contributed by atoms with Gasteiger partial charge in [0.1, 0.15) is 0 Å². The van der Waals surface area contributed by atoms with Crippen LogP contribution in [-0.4, -0.2) is 11.5 Å². The van der Waals surface area contributed by atoms with Gasteiger partial charge in [0.05, 0.1) is 22.7 Å². The van der Waals surface area contributed by atoms with Crippen LogP contribution >= 0.6 is 11.3 Å². The van der Waals surface area contributed by atoms with Crippen molar-refractivity contribution in [2.24, 2.45) is 5.92 Å². The first-order valence-electron chi connectivity index (χ1n) is 6.36. The van der Waals surface area contributed by atoms with Crippen LogP contribution in [0.15, 0.2) is 0 Å². The summed E-state index contributed by atoms with van der Waals surface area (Å²) in [7, 11) is 0. The lowest BCUT2D eigenvalue weighted by atomic mass is 9.98. The summed E-state index contributed by atoms with van der Waals surface area (Å²) in [6.07, 6.45) is 0. The van der Waals surface area contributed by atoms with E-state index in [1.807, 2.05) is 6.92 Å². The number of nitrogens with one attached hydrogen (secondary N) is 1. The van der Waals surface area contributed by atoms with E-state index >= 15 is 0 Å². The van der Waals surface area contributed by atoms with Crippen molar-refractivity contribution in [1.29, 1.82) is 5.26 Å². The van der Waals surface area contributed by atoms with Crippen LogP contribution in [0, 0.1) is 24.2 Å².